The molecule has 0 amide bonds. The second-order valence-corrected chi connectivity index (χ2v) is 14.8. The molecule has 0 atom stereocenters. The van der Waals surface area contributed by atoms with Crippen LogP contribution in [0.25, 0.3) is 0 Å². The molecule has 0 saturated heterocycles. The number of hydrogen-bond donors (Lipinski definition) is 0. The van der Waals surface area contributed by atoms with Crippen molar-refractivity contribution in [2.24, 2.45) is 23.7 Å². The molecule has 48 heavy (non-hydrogen) atoms. The Labute approximate surface area is 309 Å². The predicted octanol–water partition coefficient (Wildman–Crippen LogP) is 10.9. The van der Waals surface area contributed by atoms with Crippen LogP contribution in [0.3, 0.4) is 0 Å². The van der Waals surface area contributed by atoms with Gasteiger partial charge in [0.1, 0.15) is 11.1 Å². The highest BCUT2D eigenvalue weighted by Gasteiger charge is 2.35. The zero-order valence-corrected chi connectivity index (χ0v) is 31.0. The van der Waals surface area contributed by atoms with E-state index in [1.54, 1.807) is 0 Å². The molecule has 0 aliphatic heterocycles. The lowest BCUT2D eigenvalue weighted by Gasteiger charge is -2.35. The van der Waals surface area contributed by atoms with Crippen LogP contribution in [0, 0.1) is 23.7 Å². The van der Waals surface area contributed by atoms with E-state index in [1.165, 1.54) is 0 Å². The van der Waals surface area contributed by atoms with Gasteiger partial charge in [0.25, 0.3) is 0 Å². The minimum absolute atomic E-state index is 0.108. The van der Waals surface area contributed by atoms with E-state index in [4.69, 9.17) is 88.6 Å². The van der Waals surface area contributed by atoms with E-state index in [0.717, 1.165) is 76.3 Å². The van der Waals surface area contributed by atoms with Crippen molar-refractivity contribution in [1.82, 2.24) is 0 Å². The highest BCUT2D eigenvalue weighted by molar-refractivity contribution is 6.47. The minimum atomic E-state index is -1.63. The first-order chi connectivity index (χ1) is 22.8. The van der Waals surface area contributed by atoms with Crippen LogP contribution < -0.4 is 9.47 Å². The molecule has 2 saturated carbocycles. The fourth-order valence-corrected chi connectivity index (χ4v) is 7.44. The van der Waals surface area contributed by atoms with E-state index < -0.39 is 46.5 Å². The van der Waals surface area contributed by atoms with Crippen LogP contribution in [0.5, 0.6) is 11.5 Å². The summed E-state index contributed by atoms with van der Waals surface area (Å²) >= 11 is 37.5. The highest BCUT2D eigenvalue weighted by Crippen LogP contribution is 2.43. The van der Waals surface area contributed by atoms with Crippen LogP contribution >= 0.6 is 69.6 Å². The largest absolute Gasteiger partial charge is 0.462 e. The first-order valence-electron chi connectivity index (χ1n) is 16.0. The zero-order chi connectivity index (χ0) is 35.1. The molecular formula is C34H36Cl6O8. The van der Waals surface area contributed by atoms with E-state index in [9.17, 15) is 19.2 Å². The number of halogens is 6. The average molecular weight is 785 g/mol. The SMILES string of the molecule is CCCCC1CC(COC(=O)c2c(Cl)c(Cl)cc(Cl)c2OC(=O)C(=O)Oc2c(Cl)cc(Cl)c(Cl)c2C(=O)OCC2CC(CCCC)C2)C1. The van der Waals surface area contributed by atoms with Crippen LogP contribution in [0.1, 0.15) is 98.8 Å². The van der Waals surface area contributed by atoms with Crippen LogP contribution in [-0.4, -0.2) is 37.1 Å². The number of ether oxygens (including phenoxy) is 4. The van der Waals surface area contributed by atoms with Gasteiger partial charge in [-0.1, -0.05) is 122 Å². The third-order valence-electron chi connectivity index (χ3n) is 8.72. The summed E-state index contributed by atoms with van der Waals surface area (Å²) in [5.74, 6) is -4.73. The Morgan fingerprint density at radius 1 is 0.583 bits per heavy atom. The lowest BCUT2D eigenvalue weighted by Crippen LogP contribution is -2.30. The van der Waals surface area contributed by atoms with Gasteiger partial charge < -0.3 is 18.9 Å². The van der Waals surface area contributed by atoms with Crippen LogP contribution in [0.15, 0.2) is 12.1 Å². The van der Waals surface area contributed by atoms with Crippen LogP contribution in [-0.2, 0) is 19.1 Å². The summed E-state index contributed by atoms with van der Waals surface area (Å²) in [5.41, 5.74) is -0.885. The summed E-state index contributed by atoms with van der Waals surface area (Å²) in [7, 11) is 0. The molecule has 0 bridgehead atoms. The number of rotatable bonds is 14. The van der Waals surface area contributed by atoms with Crippen molar-refractivity contribution >= 4 is 93.5 Å². The Balaban J connectivity index is 1.45. The van der Waals surface area contributed by atoms with Gasteiger partial charge in [0.15, 0.2) is 11.5 Å². The summed E-state index contributed by atoms with van der Waals surface area (Å²) in [6.45, 7) is 4.51. The van der Waals surface area contributed by atoms with Gasteiger partial charge in [-0.15, -0.1) is 0 Å². The monoisotopic (exact) mass is 782 g/mol. The Hall–Kier alpha value is -1.94. The standard InChI is InChI=1S/C34H36Cl6O8/c1-3-5-7-17-9-19(10-17)15-45-31(41)25-27(39)21(35)13-23(37)29(25)47-33(43)34(44)48-30-24(38)14-22(36)28(40)26(30)32(42)46-16-20-11-18(12-20)8-6-4-2/h13-14,17-20H,3-12,15-16H2,1-2H3. The summed E-state index contributed by atoms with van der Waals surface area (Å²) in [6.07, 6.45) is 10.5. The van der Waals surface area contributed by atoms with Crippen molar-refractivity contribution < 1.29 is 38.1 Å². The molecule has 2 aliphatic carbocycles. The number of carbonyl (C=O) groups is 4. The van der Waals surface area contributed by atoms with Gasteiger partial charge in [-0.05, 0) is 61.5 Å². The fourth-order valence-electron chi connectivity index (χ4n) is 6.00. The van der Waals surface area contributed by atoms with Crippen LogP contribution in [0.4, 0.5) is 0 Å². The van der Waals surface area contributed by atoms with Crippen molar-refractivity contribution in [1.29, 1.82) is 0 Å². The lowest BCUT2D eigenvalue weighted by molar-refractivity contribution is -0.156. The van der Waals surface area contributed by atoms with Crippen molar-refractivity contribution in [3.63, 3.8) is 0 Å². The molecule has 262 valence electrons. The van der Waals surface area contributed by atoms with Crippen LogP contribution in [0.2, 0.25) is 30.1 Å². The molecule has 0 spiro atoms. The number of benzene rings is 2. The first-order valence-corrected chi connectivity index (χ1v) is 18.2. The third kappa shape index (κ3) is 9.64. The maximum atomic E-state index is 13.1. The smallest absolute Gasteiger partial charge is 0.423 e. The molecule has 0 aromatic heterocycles. The summed E-state index contributed by atoms with van der Waals surface area (Å²) < 4.78 is 21.3. The number of carbonyl (C=O) groups excluding carboxylic acids is 4. The first kappa shape index (κ1) is 38.9. The fraction of sp³-hybridized carbons (Fsp3) is 0.529. The van der Waals surface area contributed by atoms with Gasteiger partial charge in [-0.3, -0.25) is 0 Å². The Bertz CT molecular complexity index is 1420. The van der Waals surface area contributed by atoms with Crippen molar-refractivity contribution in [2.45, 2.75) is 78.1 Å². The lowest BCUT2D eigenvalue weighted by atomic mass is 9.73. The van der Waals surface area contributed by atoms with E-state index >= 15 is 0 Å². The molecule has 0 N–H and O–H groups in total. The molecule has 2 aromatic carbocycles. The Kier molecular flexibility index (Phi) is 14.4. The second-order valence-electron chi connectivity index (χ2n) is 12.4. The van der Waals surface area contributed by atoms with Gasteiger partial charge in [0.2, 0.25) is 0 Å². The number of unbranched alkanes of at least 4 members (excludes halogenated alkanes) is 2. The van der Waals surface area contributed by atoms with E-state index in [-0.39, 0.29) is 55.2 Å². The topological polar surface area (TPSA) is 105 Å². The predicted molar refractivity (Wildman–Crippen MR) is 186 cm³/mol. The van der Waals surface area contributed by atoms with E-state index in [2.05, 4.69) is 13.8 Å². The molecule has 0 heterocycles. The minimum Gasteiger partial charge on any atom is -0.462 e. The van der Waals surface area contributed by atoms with Gasteiger partial charge in [-0.25, -0.2) is 19.2 Å². The van der Waals surface area contributed by atoms with Gasteiger partial charge >= 0.3 is 23.9 Å². The number of esters is 4. The molecule has 8 nitrogen and oxygen atoms in total. The van der Waals surface area contributed by atoms with Gasteiger partial charge in [-0.2, -0.15) is 0 Å². The van der Waals surface area contributed by atoms with Gasteiger partial charge in [0.05, 0.1) is 43.3 Å². The Morgan fingerprint density at radius 3 is 1.27 bits per heavy atom. The summed E-state index contributed by atoms with van der Waals surface area (Å²) in [5, 5.41) is -1.41. The molecule has 4 rings (SSSR count). The number of hydrogen-bond acceptors (Lipinski definition) is 8. The maximum Gasteiger partial charge on any atom is 0.423 e. The van der Waals surface area contributed by atoms with Crippen molar-refractivity contribution in [3.8, 4) is 11.5 Å². The Morgan fingerprint density at radius 2 is 0.938 bits per heavy atom. The quantitative estimate of drug-likeness (QED) is 0.0807. The average Bonchev–Trinajstić information content (AvgIpc) is 3.00. The maximum absolute atomic E-state index is 13.1. The van der Waals surface area contributed by atoms with E-state index in [0.29, 0.717) is 11.8 Å². The molecule has 2 fully saturated rings. The normalized spacial score (nSPS) is 19.9. The summed E-state index contributed by atoms with van der Waals surface area (Å²) in [6, 6.07) is 2.27. The molecular weight excluding hydrogens is 749 g/mol. The molecule has 0 unspecified atom stereocenters. The highest BCUT2D eigenvalue weighted by atomic mass is 35.5. The molecule has 2 aromatic rings. The molecule has 14 heteroatoms. The zero-order valence-electron chi connectivity index (χ0n) is 26.5. The van der Waals surface area contributed by atoms with Gasteiger partial charge in [0, 0.05) is 0 Å². The summed E-state index contributed by atoms with van der Waals surface area (Å²) in [4.78, 5) is 52.3. The van der Waals surface area contributed by atoms with E-state index in [1.807, 2.05) is 0 Å². The molecule has 0 radical (unpaired) electrons. The second kappa shape index (κ2) is 17.8. The van der Waals surface area contributed by atoms with Crippen molar-refractivity contribution in [3.05, 3.63) is 53.4 Å². The molecule has 2 aliphatic rings. The van der Waals surface area contributed by atoms with Crippen molar-refractivity contribution in [2.75, 3.05) is 13.2 Å². The third-order valence-corrected chi connectivity index (χ3v) is 10.9.